The number of nitrogens with one attached hydrogen (secondary N) is 1. The van der Waals surface area contributed by atoms with Crippen molar-refractivity contribution in [3.8, 4) is 11.5 Å². The van der Waals surface area contributed by atoms with Gasteiger partial charge in [-0.15, -0.1) is 0 Å². The number of anilines is 1. The number of benzene rings is 1. The van der Waals surface area contributed by atoms with Crippen molar-refractivity contribution in [1.82, 2.24) is 0 Å². The van der Waals surface area contributed by atoms with Gasteiger partial charge in [0.05, 0.1) is 19.9 Å². The maximum absolute atomic E-state index is 11.8. The zero-order valence-corrected chi connectivity index (χ0v) is 11.6. The fourth-order valence-electron chi connectivity index (χ4n) is 1.72. The number of carbonyl (C=O) groups is 1. The SMILES string of the molecule is COc1ccc(NC(=O)CCCCCN)c(OC)c1. The Morgan fingerprint density at radius 2 is 2.00 bits per heavy atom. The molecule has 0 saturated carbocycles. The molecule has 106 valence electrons. The lowest BCUT2D eigenvalue weighted by Crippen LogP contribution is -2.12. The topological polar surface area (TPSA) is 73.6 Å². The highest BCUT2D eigenvalue weighted by molar-refractivity contribution is 5.92. The second kappa shape index (κ2) is 8.37. The molecule has 0 fully saturated rings. The average molecular weight is 266 g/mol. The van der Waals surface area contributed by atoms with E-state index in [1.165, 1.54) is 0 Å². The van der Waals surface area contributed by atoms with E-state index in [0.717, 1.165) is 19.3 Å². The molecule has 0 aromatic heterocycles. The van der Waals surface area contributed by atoms with E-state index < -0.39 is 0 Å². The van der Waals surface area contributed by atoms with Gasteiger partial charge in [0.1, 0.15) is 11.5 Å². The van der Waals surface area contributed by atoms with E-state index in [1.54, 1.807) is 32.4 Å². The third-order valence-electron chi connectivity index (χ3n) is 2.79. The first-order valence-corrected chi connectivity index (χ1v) is 6.43. The number of ether oxygens (including phenoxy) is 2. The van der Waals surface area contributed by atoms with Gasteiger partial charge >= 0.3 is 0 Å². The van der Waals surface area contributed by atoms with Gasteiger partial charge in [-0.1, -0.05) is 6.42 Å². The Hall–Kier alpha value is -1.75. The van der Waals surface area contributed by atoms with Crippen molar-refractivity contribution in [1.29, 1.82) is 0 Å². The zero-order valence-electron chi connectivity index (χ0n) is 11.6. The second-order valence-corrected chi connectivity index (χ2v) is 4.21. The van der Waals surface area contributed by atoms with Crippen LogP contribution in [0.2, 0.25) is 0 Å². The molecule has 1 amide bonds. The van der Waals surface area contributed by atoms with Crippen molar-refractivity contribution in [3.05, 3.63) is 18.2 Å². The molecular weight excluding hydrogens is 244 g/mol. The molecule has 1 aromatic carbocycles. The van der Waals surface area contributed by atoms with Gasteiger partial charge in [-0.25, -0.2) is 0 Å². The van der Waals surface area contributed by atoms with Crippen LogP contribution in [0.15, 0.2) is 18.2 Å². The third-order valence-corrected chi connectivity index (χ3v) is 2.79. The summed E-state index contributed by atoms with van der Waals surface area (Å²) >= 11 is 0. The van der Waals surface area contributed by atoms with Gasteiger partial charge in [0.2, 0.25) is 5.91 Å². The van der Waals surface area contributed by atoms with Crippen LogP contribution in [0.3, 0.4) is 0 Å². The Bertz CT molecular complexity index is 408. The van der Waals surface area contributed by atoms with Crippen molar-refractivity contribution < 1.29 is 14.3 Å². The molecule has 3 N–H and O–H groups in total. The summed E-state index contributed by atoms with van der Waals surface area (Å²) in [6.45, 7) is 0.675. The minimum Gasteiger partial charge on any atom is -0.497 e. The highest BCUT2D eigenvalue weighted by atomic mass is 16.5. The lowest BCUT2D eigenvalue weighted by atomic mass is 10.2. The van der Waals surface area contributed by atoms with Gasteiger partial charge in [-0.05, 0) is 31.5 Å². The summed E-state index contributed by atoms with van der Waals surface area (Å²) in [7, 11) is 3.15. The number of carbonyl (C=O) groups excluding carboxylic acids is 1. The van der Waals surface area contributed by atoms with Crippen molar-refractivity contribution in [2.75, 3.05) is 26.1 Å². The maximum Gasteiger partial charge on any atom is 0.224 e. The van der Waals surface area contributed by atoms with Gasteiger partial charge in [-0.2, -0.15) is 0 Å². The quantitative estimate of drug-likeness (QED) is 0.707. The number of rotatable bonds is 8. The second-order valence-electron chi connectivity index (χ2n) is 4.21. The van der Waals surface area contributed by atoms with Gasteiger partial charge in [-0.3, -0.25) is 4.79 Å². The molecule has 0 unspecified atom stereocenters. The lowest BCUT2D eigenvalue weighted by molar-refractivity contribution is -0.116. The Kier molecular flexibility index (Phi) is 6.74. The van der Waals surface area contributed by atoms with Crippen LogP contribution in [-0.2, 0) is 4.79 Å². The highest BCUT2D eigenvalue weighted by Crippen LogP contribution is 2.29. The largest absolute Gasteiger partial charge is 0.497 e. The molecule has 19 heavy (non-hydrogen) atoms. The minimum absolute atomic E-state index is 0.0134. The van der Waals surface area contributed by atoms with Gasteiger partial charge < -0.3 is 20.5 Å². The van der Waals surface area contributed by atoms with E-state index in [0.29, 0.717) is 30.2 Å². The van der Waals surface area contributed by atoms with Gasteiger partial charge in [0.15, 0.2) is 0 Å². The fraction of sp³-hybridized carbons (Fsp3) is 0.500. The number of hydrogen-bond donors (Lipinski definition) is 2. The third kappa shape index (κ3) is 5.18. The maximum atomic E-state index is 11.8. The molecule has 0 spiro atoms. The summed E-state index contributed by atoms with van der Waals surface area (Å²) in [6, 6.07) is 5.30. The van der Waals surface area contributed by atoms with Crippen LogP contribution in [-0.4, -0.2) is 26.7 Å². The summed E-state index contributed by atoms with van der Waals surface area (Å²) in [5.41, 5.74) is 6.06. The Morgan fingerprint density at radius 3 is 2.63 bits per heavy atom. The Balaban J connectivity index is 2.53. The lowest BCUT2D eigenvalue weighted by Gasteiger charge is -2.11. The summed E-state index contributed by atoms with van der Waals surface area (Å²) < 4.78 is 10.3. The predicted molar refractivity (Wildman–Crippen MR) is 75.7 cm³/mol. The van der Waals surface area contributed by atoms with E-state index in [1.807, 2.05) is 0 Å². The van der Waals surface area contributed by atoms with Gasteiger partial charge in [0, 0.05) is 12.5 Å². The van der Waals surface area contributed by atoms with Gasteiger partial charge in [0.25, 0.3) is 0 Å². The van der Waals surface area contributed by atoms with Crippen LogP contribution < -0.4 is 20.5 Å². The van der Waals surface area contributed by atoms with Crippen molar-refractivity contribution in [3.63, 3.8) is 0 Å². The first-order valence-electron chi connectivity index (χ1n) is 6.43. The van der Waals surface area contributed by atoms with E-state index in [2.05, 4.69) is 5.32 Å². The molecule has 0 atom stereocenters. The molecule has 5 heteroatoms. The molecule has 0 bridgehead atoms. The molecule has 0 heterocycles. The highest BCUT2D eigenvalue weighted by Gasteiger charge is 2.08. The van der Waals surface area contributed by atoms with Crippen LogP contribution >= 0.6 is 0 Å². The molecule has 0 aliphatic heterocycles. The van der Waals surface area contributed by atoms with Crippen LogP contribution in [0.4, 0.5) is 5.69 Å². The van der Waals surface area contributed by atoms with Crippen molar-refractivity contribution in [2.24, 2.45) is 5.73 Å². The summed E-state index contributed by atoms with van der Waals surface area (Å²) in [6.07, 6.45) is 3.28. The molecule has 1 rings (SSSR count). The number of methoxy groups -OCH3 is 2. The molecule has 0 aliphatic carbocycles. The zero-order chi connectivity index (χ0) is 14.1. The van der Waals surface area contributed by atoms with Crippen molar-refractivity contribution >= 4 is 11.6 Å². The van der Waals surface area contributed by atoms with Crippen LogP contribution in [0.5, 0.6) is 11.5 Å². The minimum atomic E-state index is -0.0134. The smallest absolute Gasteiger partial charge is 0.224 e. The number of unbranched alkanes of at least 4 members (excludes halogenated alkanes) is 2. The van der Waals surface area contributed by atoms with Crippen LogP contribution in [0.25, 0.3) is 0 Å². The molecule has 5 nitrogen and oxygen atoms in total. The fourth-order valence-corrected chi connectivity index (χ4v) is 1.72. The first-order chi connectivity index (χ1) is 9.21. The van der Waals surface area contributed by atoms with E-state index in [9.17, 15) is 4.79 Å². The predicted octanol–water partition coefficient (Wildman–Crippen LogP) is 2.16. The van der Waals surface area contributed by atoms with Crippen LogP contribution in [0, 0.1) is 0 Å². The number of nitrogens with two attached hydrogens (primary N) is 1. The monoisotopic (exact) mass is 266 g/mol. The van der Waals surface area contributed by atoms with E-state index in [-0.39, 0.29) is 5.91 Å². The van der Waals surface area contributed by atoms with E-state index >= 15 is 0 Å². The standard InChI is InChI=1S/C14H22N2O3/c1-18-11-7-8-12(13(10-11)19-2)16-14(17)6-4-3-5-9-15/h7-8,10H,3-6,9,15H2,1-2H3,(H,16,17). The normalized spacial score (nSPS) is 10.1. The van der Waals surface area contributed by atoms with E-state index in [4.69, 9.17) is 15.2 Å². The molecule has 0 radical (unpaired) electrons. The Morgan fingerprint density at radius 1 is 1.21 bits per heavy atom. The first kappa shape index (κ1) is 15.3. The van der Waals surface area contributed by atoms with Crippen molar-refractivity contribution in [2.45, 2.75) is 25.7 Å². The summed E-state index contributed by atoms with van der Waals surface area (Å²) in [4.78, 5) is 11.8. The summed E-state index contributed by atoms with van der Waals surface area (Å²) in [5.74, 6) is 1.27. The molecular formula is C14H22N2O3. The average Bonchev–Trinajstić information content (AvgIpc) is 2.44. The Labute approximate surface area is 114 Å². The molecule has 0 saturated heterocycles. The summed E-state index contributed by atoms with van der Waals surface area (Å²) in [5, 5.41) is 2.84. The molecule has 0 aliphatic rings. The molecule has 1 aromatic rings. The van der Waals surface area contributed by atoms with Crippen LogP contribution in [0.1, 0.15) is 25.7 Å². The number of hydrogen-bond acceptors (Lipinski definition) is 4. The number of amides is 1.